The van der Waals surface area contributed by atoms with E-state index in [2.05, 4.69) is 0 Å². The van der Waals surface area contributed by atoms with Crippen molar-refractivity contribution in [2.45, 2.75) is 45.1 Å². The van der Waals surface area contributed by atoms with Gasteiger partial charge in [-0.2, -0.15) is 11.3 Å². The number of aliphatic hydroxyl groups is 1. The molecule has 18 heavy (non-hydrogen) atoms. The van der Waals surface area contributed by atoms with Gasteiger partial charge in [-0.05, 0) is 30.7 Å². The molecular weight excluding hydrogens is 246 g/mol. The standard InChI is InChI=1S/C14H21NO2S/c1-11-9-18-10-13(11)14(17)15(7-8-16)12-5-3-2-4-6-12/h9-10,12,16H,2-8H2,1H3. The van der Waals surface area contributed by atoms with E-state index >= 15 is 0 Å². The Hall–Kier alpha value is -0.870. The lowest BCUT2D eigenvalue weighted by atomic mass is 9.93. The number of amides is 1. The second-order valence-electron chi connectivity index (χ2n) is 4.98. The molecule has 0 saturated heterocycles. The summed E-state index contributed by atoms with van der Waals surface area (Å²) in [5.74, 6) is 0.0923. The number of rotatable bonds is 4. The Morgan fingerprint density at radius 2 is 2.11 bits per heavy atom. The molecule has 1 fully saturated rings. The third-order valence-electron chi connectivity index (χ3n) is 3.70. The van der Waals surface area contributed by atoms with Crippen molar-refractivity contribution in [1.29, 1.82) is 0 Å². The van der Waals surface area contributed by atoms with Crippen LogP contribution in [0.4, 0.5) is 0 Å². The fraction of sp³-hybridized carbons (Fsp3) is 0.643. The lowest BCUT2D eigenvalue weighted by Gasteiger charge is -2.34. The van der Waals surface area contributed by atoms with Crippen LogP contribution in [-0.4, -0.2) is 35.1 Å². The Labute approximate surface area is 112 Å². The van der Waals surface area contributed by atoms with E-state index in [0.717, 1.165) is 24.0 Å². The fourth-order valence-electron chi connectivity index (χ4n) is 2.68. The first-order valence-corrected chi connectivity index (χ1v) is 7.63. The summed E-state index contributed by atoms with van der Waals surface area (Å²) < 4.78 is 0. The quantitative estimate of drug-likeness (QED) is 0.911. The highest BCUT2D eigenvalue weighted by Crippen LogP contribution is 2.25. The van der Waals surface area contributed by atoms with Crippen LogP contribution in [-0.2, 0) is 0 Å². The first-order chi connectivity index (χ1) is 8.74. The number of hydrogen-bond acceptors (Lipinski definition) is 3. The van der Waals surface area contributed by atoms with E-state index in [1.807, 2.05) is 22.6 Å². The number of hydrogen-bond donors (Lipinski definition) is 1. The van der Waals surface area contributed by atoms with Crippen LogP contribution >= 0.6 is 11.3 Å². The molecule has 0 radical (unpaired) electrons. The van der Waals surface area contributed by atoms with Crippen molar-refractivity contribution in [1.82, 2.24) is 4.90 Å². The van der Waals surface area contributed by atoms with Gasteiger partial charge < -0.3 is 10.0 Å². The molecule has 1 aromatic rings. The Kier molecular flexibility index (Phi) is 4.78. The molecule has 100 valence electrons. The number of carbonyl (C=O) groups excluding carboxylic acids is 1. The highest BCUT2D eigenvalue weighted by Gasteiger charge is 2.26. The number of thiophene rings is 1. The zero-order valence-electron chi connectivity index (χ0n) is 10.9. The lowest BCUT2D eigenvalue weighted by Crippen LogP contribution is -2.43. The molecule has 0 aliphatic heterocycles. The van der Waals surface area contributed by atoms with Crippen molar-refractivity contribution in [3.05, 3.63) is 21.9 Å². The van der Waals surface area contributed by atoms with Crippen molar-refractivity contribution in [2.75, 3.05) is 13.2 Å². The van der Waals surface area contributed by atoms with E-state index in [0.29, 0.717) is 12.6 Å². The predicted octanol–water partition coefficient (Wildman–Crippen LogP) is 2.82. The first-order valence-electron chi connectivity index (χ1n) is 6.68. The second-order valence-corrected chi connectivity index (χ2v) is 5.73. The maximum atomic E-state index is 12.5. The molecular formula is C14H21NO2S. The molecule has 0 unspecified atom stereocenters. The lowest BCUT2D eigenvalue weighted by molar-refractivity contribution is 0.0585. The zero-order chi connectivity index (χ0) is 13.0. The summed E-state index contributed by atoms with van der Waals surface area (Å²) in [5, 5.41) is 13.1. The van der Waals surface area contributed by atoms with Crippen LogP contribution in [0.15, 0.2) is 10.8 Å². The molecule has 1 amide bonds. The van der Waals surface area contributed by atoms with Gasteiger partial charge in [0.1, 0.15) is 0 Å². The Balaban J connectivity index is 2.13. The number of aryl methyl sites for hydroxylation is 1. The van der Waals surface area contributed by atoms with Crippen LogP contribution in [0.2, 0.25) is 0 Å². The number of carbonyl (C=O) groups is 1. The van der Waals surface area contributed by atoms with E-state index in [9.17, 15) is 9.90 Å². The largest absolute Gasteiger partial charge is 0.395 e. The summed E-state index contributed by atoms with van der Waals surface area (Å²) in [5.41, 5.74) is 1.85. The molecule has 0 aromatic carbocycles. The highest BCUT2D eigenvalue weighted by molar-refractivity contribution is 7.08. The van der Waals surface area contributed by atoms with E-state index in [1.54, 1.807) is 11.3 Å². The van der Waals surface area contributed by atoms with Crippen LogP contribution in [0.3, 0.4) is 0 Å². The van der Waals surface area contributed by atoms with Crippen molar-refractivity contribution < 1.29 is 9.90 Å². The van der Waals surface area contributed by atoms with Crippen LogP contribution < -0.4 is 0 Å². The van der Waals surface area contributed by atoms with Crippen molar-refractivity contribution in [3.63, 3.8) is 0 Å². The SMILES string of the molecule is Cc1cscc1C(=O)N(CCO)C1CCCCC1. The van der Waals surface area contributed by atoms with Crippen LogP contribution in [0.5, 0.6) is 0 Å². The van der Waals surface area contributed by atoms with Gasteiger partial charge in [0, 0.05) is 18.0 Å². The van der Waals surface area contributed by atoms with Crippen molar-refractivity contribution >= 4 is 17.2 Å². The number of aliphatic hydroxyl groups excluding tert-OH is 1. The summed E-state index contributed by atoms with van der Waals surface area (Å²) in [6.45, 7) is 2.48. The molecule has 1 heterocycles. The van der Waals surface area contributed by atoms with E-state index in [1.165, 1.54) is 19.3 Å². The van der Waals surface area contributed by atoms with E-state index < -0.39 is 0 Å². The Morgan fingerprint density at radius 1 is 1.39 bits per heavy atom. The highest BCUT2D eigenvalue weighted by atomic mass is 32.1. The van der Waals surface area contributed by atoms with Gasteiger partial charge in [0.15, 0.2) is 0 Å². The van der Waals surface area contributed by atoms with Gasteiger partial charge in [0.2, 0.25) is 0 Å². The predicted molar refractivity (Wildman–Crippen MR) is 74.1 cm³/mol. The summed E-state index contributed by atoms with van der Waals surface area (Å²) >= 11 is 1.57. The minimum absolute atomic E-state index is 0.0470. The normalized spacial score (nSPS) is 16.8. The molecule has 1 N–H and O–H groups in total. The molecule has 3 nitrogen and oxygen atoms in total. The van der Waals surface area contributed by atoms with Crippen molar-refractivity contribution in [2.24, 2.45) is 0 Å². The second kappa shape index (κ2) is 6.34. The van der Waals surface area contributed by atoms with E-state index in [4.69, 9.17) is 0 Å². The molecule has 1 aromatic heterocycles. The van der Waals surface area contributed by atoms with Crippen LogP contribution in [0.1, 0.15) is 48.0 Å². The van der Waals surface area contributed by atoms with Gasteiger partial charge in [-0.3, -0.25) is 4.79 Å². The average Bonchev–Trinajstić information content (AvgIpc) is 2.82. The Bertz CT molecular complexity index is 396. The van der Waals surface area contributed by atoms with Gasteiger partial charge in [-0.1, -0.05) is 19.3 Å². The first kappa shape index (κ1) is 13.6. The zero-order valence-corrected chi connectivity index (χ0v) is 11.7. The molecule has 0 atom stereocenters. The molecule has 1 aliphatic rings. The summed E-state index contributed by atoms with van der Waals surface area (Å²) in [7, 11) is 0. The van der Waals surface area contributed by atoms with Gasteiger partial charge in [-0.25, -0.2) is 0 Å². The topological polar surface area (TPSA) is 40.5 Å². The molecule has 2 rings (SSSR count). The maximum Gasteiger partial charge on any atom is 0.255 e. The van der Waals surface area contributed by atoms with Gasteiger partial charge in [-0.15, -0.1) is 0 Å². The molecule has 0 bridgehead atoms. The van der Waals surface area contributed by atoms with Crippen LogP contribution in [0.25, 0.3) is 0 Å². The monoisotopic (exact) mass is 267 g/mol. The molecule has 1 aliphatic carbocycles. The minimum Gasteiger partial charge on any atom is -0.395 e. The summed E-state index contributed by atoms with van der Waals surface area (Å²) in [4.78, 5) is 14.4. The summed E-state index contributed by atoms with van der Waals surface area (Å²) in [6.07, 6.45) is 5.82. The average molecular weight is 267 g/mol. The van der Waals surface area contributed by atoms with Gasteiger partial charge in [0.05, 0.1) is 12.2 Å². The Morgan fingerprint density at radius 3 is 2.67 bits per heavy atom. The molecule has 0 spiro atoms. The smallest absolute Gasteiger partial charge is 0.255 e. The molecule has 4 heteroatoms. The fourth-order valence-corrected chi connectivity index (χ4v) is 3.51. The van der Waals surface area contributed by atoms with E-state index in [-0.39, 0.29) is 12.5 Å². The van der Waals surface area contributed by atoms with Gasteiger partial charge >= 0.3 is 0 Å². The third-order valence-corrected chi connectivity index (χ3v) is 4.56. The number of nitrogens with zero attached hydrogens (tertiary/aromatic N) is 1. The maximum absolute atomic E-state index is 12.5. The van der Waals surface area contributed by atoms with Crippen molar-refractivity contribution in [3.8, 4) is 0 Å². The van der Waals surface area contributed by atoms with Gasteiger partial charge in [0.25, 0.3) is 5.91 Å². The third kappa shape index (κ3) is 2.93. The molecule has 1 saturated carbocycles. The minimum atomic E-state index is 0.0470. The summed E-state index contributed by atoms with van der Waals surface area (Å²) in [6, 6.07) is 0.317. The van der Waals surface area contributed by atoms with Crippen LogP contribution in [0, 0.1) is 6.92 Å².